The smallest absolute Gasteiger partial charge is 0.256 e. The van der Waals surface area contributed by atoms with Crippen molar-refractivity contribution in [3.63, 3.8) is 0 Å². The van der Waals surface area contributed by atoms with Crippen LogP contribution in [0.25, 0.3) is 0 Å². The molecule has 0 aromatic carbocycles. The van der Waals surface area contributed by atoms with E-state index in [1.165, 1.54) is 4.88 Å². The summed E-state index contributed by atoms with van der Waals surface area (Å²) >= 11 is 1.70. The van der Waals surface area contributed by atoms with E-state index in [-0.39, 0.29) is 17.5 Å². The Morgan fingerprint density at radius 2 is 2.23 bits per heavy atom. The van der Waals surface area contributed by atoms with Gasteiger partial charge in [-0.25, -0.2) is 9.67 Å². The van der Waals surface area contributed by atoms with Gasteiger partial charge in [-0.1, -0.05) is 0 Å². The fourth-order valence-corrected chi connectivity index (χ4v) is 4.54. The highest BCUT2D eigenvalue weighted by atomic mass is 32.1. The quantitative estimate of drug-likeness (QED) is 0.559. The lowest BCUT2D eigenvalue weighted by atomic mass is 9.93. The number of likely N-dealkylation sites (N-methyl/N-ethyl adjacent to an activating group) is 1. The van der Waals surface area contributed by atoms with Crippen LogP contribution in [0.15, 0.2) is 12.4 Å². The first-order valence-electron chi connectivity index (χ1n) is 10.6. The SMILES string of the molecule is CCOCCN(C)CCCNC(=O)c1cnn2c1NC(c1ncc(C)s1)CC2(C)C. The van der Waals surface area contributed by atoms with Gasteiger partial charge in [0, 0.05) is 30.8 Å². The Morgan fingerprint density at radius 1 is 1.43 bits per heavy atom. The number of carbonyl (C=O) groups excluding carboxylic acids is 1. The van der Waals surface area contributed by atoms with Gasteiger partial charge in [0.05, 0.1) is 24.4 Å². The van der Waals surface area contributed by atoms with E-state index in [4.69, 9.17) is 4.74 Å². The van der Waals surface area contributed by atoms with E-state index < -0.39 is 0 Å². The van der Waals surface area contributed by atoms with Gasteiger partial charge in [-0.05, 0) is 54.1 Å². The van der Waals surface area contributed by atoms with E-state index in [0.717, 1.165) is 50.0 Å². The van der Waals surface area contributed by atoms with Crippen molar-refractivity contribution in [2.75, 3.05) is 45.2 Å². The van der Waals surface area contributed by atoms with Crippen molar-refractivity contribution in [1.82, 2.24) is 25.0 Å². The highest BCUT2D eigenvalue weighted by Crippen LogP contribution is 2.40. The number of ether oxygens (including phenoxy) is 1. The van der Waals surface area contributed by atoms with Gasteiger partial charge in [-0.2, -0.15) is 5.10 Å². The molecule has 0 saturated carbocycles. The number of nitrogens with one attached hydrogen (secondary N) is 2. The molecule has 9 heteroatoms. The molecule has 3 rings (SSSR count). The summed E-state index contributed by atoms with van der Waals surface area (Å²) in [5, 5.41) is 12.1. The normalized spacial score (nSPS) is 17.6. The van der Waals surface area contributed by atoms with Crippen LogP contribution in [0.5, 0.6) is 0 Å². The number of anilines is 1. The summed E-state index contributed by atoms with van der Waals surface area (Å²) < 4.78 is 7.31. The number of thiazole rings is 1. The molecule has 0 spiro atoms. The molecule has 1 aliphatic rings. The fourth-order valence-electron chi connectivity index (χ4n) is 3.72. The van der Waals surface area contributed by atoms with E-state index >= 15 is 0 Å². The third kappa shape index (κ3) is 5.39. The van der Waals surface area contributed by atoms with Crippen molar-refractivity contribution >= 4 is 23.1 Å². The van der Waals surface area contributed by atoms with Crippen LogP contribution >= 0.6 is 11.3 Å². The highest BCUT2D eigenvalue weighted by molar-refractivity contribution is 7.11. The molecule has 2 N–H and O–H groups in total. The Labute approximate surface area is 183 Å². The number of rotatable bonds is 10. The maximum atomic E-state index is 12.8. The Bertz CT molecular complexity index is 846. The molecular weight excluding hydrogens is 400 g/mol. The summed E-state index contributed by atoms with van der Waals surface area (Å²) in [5.41, 5.74) is 0.387. The molecule has 1 amide bonds. The van der Waals surface area contributed by atoms with E-state index in [0.29, 0.717) is 12.1 Å². The molecule has 0 radical (unpaired) electrons. The number of aryl methyl sites for hydroxylation is 1. The summed E-state index contributed by atoms with van der Waals surface area (Å²) in [6, 6.07) is 0.0773. The first-order chi connectivity index (χ1) is 14.3. The standard InChI is InChI=1S/C21H34N6O2S/c1-6-29-11-10-26(5)9-7-8-22-19(28)16-14-24-27-18(16)25-17(12-21(27,3)4)20-23-13-15(2)30-20/h13-14,17,25H,6-12H2,1-5H3,(H,22,28). The summed E-state index contributed by atoms with van der Waals surface area (Å²) in [5.74, 6) is 0.683. The summed E-state index contributed by atoms with van der Waals surface area (Å²) in [4.78, 5) is 20.8. The van der Waals surface area contributed by atoms with Gasteiger partial charge in [-0.3, -0.25) is 4.79 Å². The lowest BCUT2D eigenvalue weighted by Gasteiger charge is -2.37. The third-order valence-electron chi connectivity index (χ3n) is 5.36. The summed E-state index contributed by atoms with van der Waals surface area (Å²) in [6.45, 7) is 12.3. The van der Waals surface area contributed by atoms with Crippen molar-refractivity contribution in [2.45, 2.75) is 52.1 Å². The van der Waals surface area contributed by atoms with Crippen LogP contribution < -0.4 is 10.6 Å². The van der Waals surface area contributed by atoms with Crippen molar-refractivity contribution in [3.8, 4) is 0 Å². The second-order valence-corrected chi connectivity index (χ2v) is 9.72. The molecule has 0 fully saturated rings. The van der Waals surface area contributed by atoms with Crippen LogP contribution in [-0.4, -0.2) is 65.5 Å². The molecule has 2 aromatic rings. The molecule has 0 aliphatic carbocycles. The van der Waals surface area contributed by atoms with Gasteiger partial charge >= 0.3 is 0 Å². The topological polar surface area (TPSA) is 84.3 Å². The molecule has 3 heterocycles. The summed E-state index contributed by atoms with van der Waals surface area (Å²) in [6.07, 6.45) is 5.32. The zero-order chi connectivity index (χ0) is 21.7. The number of hydrogen-bond acceptors (Lipinski definition) is 7. The number of carbonyl (C=O) groups is 1. The zero-order valence-electron chi connectivity index (χ0n) is 18.7. The number of fused-ring (bicyclic) bond motifs is 1. The molecule has 166 valence electrons. The van der Waals surface area contributed by atoms with Crippen molar-refractivity contribution in [1.29, 1.82) is 0 Å². The lowest BCUT2D eigenvalue weighted by Crippen LogP contribution is -2.38. The fraction of sp³-hybridized carbons (Fsp3) is 0.667. The molecule has 0 bridgehead atoms. The maximum Gasteiger partial charge on any atom is 0.256 e. The number of amides is 1. The molecule has 1 atom stereocenters. The second-order valence-electron chi connectivity index (χ2n) is 8.45. The van der Waals surface area contributed by atoms with E-state index in [9.17, 15) is 4.79 Å². The monoisotopic (exact) mass is 434 g/mol. The Morgan fingerprint density at radius 3 is 2.93 bits per heavy atom. The van der Waals surface area contributed by atoms with Crippen LogP contribution in [0.2, 0.25) is 0 Å². The van der Waals surface area contributed by atoms with Gasteiger partial charge in [0.25, 0.3) is 5.91 Å². The van der Waals surface area contributed by atoms with E-state index in [1.54, 1.807) is 17.5 Å². The van der Waals surface area contributed by atoms with Crippen LogP contribution in [0, 0.1) is 6.92 Å². The zero-order valence-corrected chi connectivity index (χ0v) is 19.5. The summed E-state index contributed by atoms with van der Waals surface area (Å²) in [7, 11) is 2.07. The second kappa shape index (κ2) is 9.89. The average molecular weight is 435 g/mol. The minimum Gasteiger partial charge on any atom is -0.380 e. The van der Waals surface area contributed by atoms with Crippen LogP contribution in [0.4, 0.5) is 5.82 Å². The van der Waals surface area contributed by atoms with Crippen LogP contribution in [-0.2, 0) is 10.3 Å². The number of aromatic nitrogens is 3. The van der Waals surface area contributed by atoms with Crippen molar-refractivity contribution < 1.29 is 9.53 Å². The lowest BCUT2D eigenvalue weighted by molar-refractivity contribution is 0.0949. The van der Waals surface area contributed by atoms with Crippen LogP contribution in [0.3, 0.4) is 0 Å². The molecular formula is C21H34N6O2S. The van der Waals surface area contributed by atoms with Crippen molar-refractivity contribution in [2.24, 2.45) is 0 Å². The molecule has 1 unspecified atom stereocenters. The Hall–Kier alpha value is -1.97. The minimum absolute atomic E-state index is 0.0773. The predicted octanol–water partition coefficient (Wildman–Crippen LogP) is 3.03. The maximum absolute atomic E-state index is 12.8. The van der Waals surface area contributed by atoms with Crippen LogP contribution in [0.1, 0.15) is 59.9 Å². The first-order valence-corrected chi connectivity index (χ1v) is 11.5. The average Bonchev–Trinajstić information content (AvgIpc) is 3.31. The third-order valence-corrected chi connectivity index (χ3v) is 6.39. The van der Waals surface area contributed by atoms with Gasteiger partial charge in [-0.15, -0.1) is 11.3 Å². The van der Waals surface area contributed by atoms with Crippen molar-refractivity contribution in [3.05, 3.63) is 27.8 Å². The van der Waals surface area contributed by atoms with Gasteiger partial charge in [0.1, 0.15) is 16.4 Å². The molecule has 1 aliphatic heterocycles. The van der Waals surface area contributed by atoms with Gasteiger partial charge in [0.2, 0.25) is 0 Å². The van der Waals surface area contributed by atoms with Gasteiger partial charge < -0.3 is 20.3 Å². The van der Waals surface area contributed by atoms with Gasteiger partial charge in [0.15, 0.2) is 0 Å². The van der Waals surface area contributed by atoms with E-state index in [2.05, 4.69) is 53.4 Å². The largest absolute Gasteiger partial charge is 0.380 e. The Kier molecular flexibility index (Phi) is 7.49. The Balaban J connectivity index is 1.59. The molecule has 8 nitrogen and oxygen atoms in total. The predicted molar refractivity (Wildman–Crippen MR) is 120 cm³/mol. The first kappa shape index (κ1) is 22.7. The number of hydrogen-bond donors (Lipinski definition) is 2. The molecule has 0 saturated heterocycles. The minimum atomic E-state index is -0.202. The molecule has 30 heavy (non-hydrogen) atoms. The number of nitrogens with zero attached hydrogens (tertiary/aromatic N) is 4. The highest BCUT2D eigenvalue weighted by Gasteiger charge is 2.37. The van der Waals surface area contributed by atoms with E-state index in [1.807, 2.05) is 17.8 Å². The molecule has 2 aromatic heterocycles.